The largest absolute Gasteiger partial charge is 1.00 e. The number of carbonyl (C=O) groups is 2. The fourth-order valence-corrected chi connectivity index (χ4v) is 2.24. The third-order valence-electron chi connectivity index (χ3n) is 3.99. The number of quaternary nitrogens is 1. The van der Waals surface area contributed by atoms with Crippen LogP contribution in [0.2, 0.25) is 0 Å². The number of hydrogen-bond donors (Lipinski definition) is 4. The van der Waals surface area contributed by atoms with Crippen LogP contribution in [0.3, 0.4) is 0 Å². The van der Waals surface area contributed by atoms with Crippen molar-refractivity contribution < 1.29 is 85.4 Å². The summed E-state index contributed by atoms with van der Waals surface area (Å²) in [4.78, 5) is 21.4. The predicted octanol–water partition coefficient (Wildman–Crippen LogP) is -2.27. The molecule has 2 amide bonds. The quantitative estimate of drug-likeness (QED) is 0.172. The number of primary amides is 2. The van der Waals surface area contributed by atoms with Crippen LogP contribution in [-0.2, 0) is 30.0 Å². The first kappa shape index (κ1) is 47.1. The van der Waals surface area contributed by atoms with Gasteiger partial charge in [-0.15, -0.1) is 12.4 Å². The van der Waals surface area contributed by atoms with Crippen molar-refractivity contribution in [1.29, 1.82) is 0 Å². The van der Waals surface area contributed by atoms with Crippen molar-refractivity contribution >= 4 is 24.2 Å². The zero-order valence-electron chi connectivity index (χ0n) is 18.5. The minimum Gasteiger partial charge on any atom is -1.00 e. The summed E-state index contributed by atoms with van der Waals surface area (Å²) >= 11 is 0. The molecule has 17 heteroatoms. The summed E-state index contributed by atoms with van der Waals surface area (Å²) in [6, 6.07) is 6.97. The number of carbonyl (C=O) groups excluding carboxylic acids is 2. The number of benzene rings is 1. The normalized spacial score (nSPS) is 12.7. The molecule has 214 valence electrons. The van der Waals surface area contributed by atoms with Crippen LogP contribution in [0, 0.1) is 0 Å². The van der Waals surface area contributed by atoms with Crippen molar-refractivity contribution in [1.82, 2.24) is 5.32 Å². The van der Waals surface area contributed by atoms with Crippen LogP contribution < -0.4 is 34.9 Å². The minimum atomic E-state index is -4.29. The molecule has 0 saturated carbocycles. The van der Waals surface area contributed by atoms with Gasteiger partial charge in [-0.05, 0) is 18.9 Å². The standard InChI is InChI=1S/C13H17F3N2O.C5H9F3N2O.2ClH.2H2O.Pd/c1-9(10-5-3-2-4-6-10)18-11(12(17)19)7-8-13(14,15)16;6-5(7,8)2-1-3(9)4(10)11;;;;;/h2-6,9,11,18H,7-8H2,1H3,(H2,17,19);3H,1-2,9H2,(H2,10,11);2*1H;2*1H2;/t9-,11-;3-;;;;;/m11...../s1. The molecule has 1 aromatic rings. The van der Waals surface area contributed by atoms with E-state index in [1.54, 1.807) is 6.92 Å². The molecule has 0 fully saturated rings. The minimum absolute atomic E-state index is 0. The summed E-state index contributed by atoms with van der Waals surface area (Å²) in [5.74, 6) is -1.57. The van der Waals surface area contributed by atoms with Crippen LogP contribution in [0.5, 0.6) is 0 Å². The molecule has 0 aliphatic heterocycles. The van der Waals surface area contributed by atoms with Gasteiger partial charge in [0.15, 0.2) is 6.04 Å². The smallest absolute Gasteiger partial charge is 0.389 e. The number of amides is 2. The second-order valence-electron chi connectivity index (χ2n) is 6.66. The first-order chi connectivity index (χ1) is 13.6. The van der Waals surface area contributed by atoms with Gasteiger partial charge in [-0.3, -0.25) is 14.9 Å². The number of nitrogens with one attached hydrogen (secondary N) is 1. The van der Waals surface area contributed by atoms with Gasteiger partial charge in [0, 0.05) is 45.7 Å². The molecule has 8 nitrogen and oxygen atoms in total. The summed E-state index contributed by atoms with van der Waals surface area (Å²) in [5, 5.41) is 2.83. The van der Waals surface area contributed by atoms with Crippen molar-refractivity contribution in [3.8, 4) is 0 Å². The average molecular weight is 660 g/mol. The Labute approximate surface area is 225 Å². The Morgan fingerprint density at radius 3 is 1.66 bits per heavy atom. The predicted molar refractivity (Wildman–Crippen MR) is 112 cm³/mol. The van der Waals surface area contributed by atoms with Gasteiger partial charge in [0.05, 0.1) is 6.04 Å². The Bertz CT molecular complexity index is 677. The first-order valence-corrected chi connectivity index (χ1v) is 8.98. The third-order valence-corrected chi connectivity index (χ3v) is 3.99. The molecule has 0 heterocycles. The second-order valence-corrected chi connectivity index (χ2v) is 6.66. The van der Waals surface area contributed by atoms with Crippen LogP contribution in [0.1, 0.15) is 44.2 Å². The Morgan fingerprint density at radius 2 is 1.31 bits per heavy atom. The summed E-state index contributed by atoms with van der Waals surface area (Å²) in [6.07, 6.45) is -11.2. The molecule has 0 radical (unpaired) electrons. The molecule has 12 N–H and O–H groups in total. The second kappa shape index (κ2) is 22.1. The molecule has 0 spiro atoms. The van der Waals surface area contributed by atoms with E-state index in [2.05, 4.69) is 11.1 Å². The van der Waals surface area contributed by atoms with E-state index in [-0.39, 0.29) is 75.1 Å². The van der Waals surface area contributed by atoms with Crippen molar-refractivity contribution in [2.45, 2.75) is 63.1 Å². The number of rotatable bonds is 9. The van der Waals surface area contributed by atoms with E-state index in [0.29, 0.717) is 0 Å². The van der Waals surface area contributed by atoms with Gasteiger partial charge in [-0.2, -0.15) is 26.3 Å². The number of halogens is 8. The van der Waals surface area contributed by atoms with Crippen molar-refractivity contribution in [3.63, 3.8) is 0 Å². The molecule has 35 heavy (non-hydrogen) atoms. The Kier molecular flexibility index (Phi) is 29.7. The van der Waals surface area contributed by atoms with E-state index in [9.17, 15) is 35.9 Å². The van der Waals surface area contributed by atoms with Crippen LogP contribution in [0.15, 0.2) is 30.3 Å². The molecule has 1 rings (SSSR count). The van der Waals surface area contributed by atoms with Crippen LogP contribution >= 0.6 is 12.4 Å². The number of hydrogen-bond acceptors (Lipinski definition) is 3. The van der Waals surface area contributed by atoms with Gasteiger partial charge in [-0.1, -0.05) is 30.3 Å². The molecule has 0 bridgehead atoms. The fraction of sp³-hybridized carbons (Fsp3) is 0.556. The van der Waals surface area contributed by atoms with Gasteiger partial charge in [-0.25, -0.2) is 0 Å². The molecular formula is C18H32Cl2F6N4O4Pd. The maximum absolute atomic E-state index is 12.2. The molecule has 0 unspecified atom stereocenters. The first-order valence-electron chi connectivity index (χ1n) is 8.98. The van der Waals surface area contributed by atoms with Crippen molar-refractivity contribution in [2.75, 3.05) is 0 Å². The van der Waals surface area contributed by atoms with Gasteiger partial charge >= 0.3 is 12.4 Å². The molecule has 0 saturated heterocycles. The molecule has 0 aliphatic rings. The molecule has 0 aromatic heterocycles. The molecule has 0 aliphatic carbocycles. The van der Waals surface area contributed by atoms with Crippen LogP contribution in [0.25, 0.3) is 0 Å². The van der Waals surface area contributed by atoms with Gasteiger partial charge in [0.25, 0.3) is 5.91 Å². The number of alkyl halides is 6. The van der Waals surface area contributed by atoms with Crippen molar-refractivity contribution in [3.05, 3.63) is 35.9 Å². The Morgan fingerprint density at radius 1 is 0.914 bits per heavy atom. The summed E-state index contributed by atoms with van der Waals surface area (Å²) in [5.41, 5.74) is 13.9. The average Bonchev–Trinajstić information content (AvgIpc) is 2.62. The monoisotopic (exact) mass is 658 g/mol. The summed E-state index contributed by atoms with van der Waals surface area (Å²) < 4.78 is 71.0. The van der Waals surface area contributed by atoms with Gasteiger partial charge in [0.1, 0.15) is 0 Å². The summed E-state index contributed by atoms with van der Waals surface area (Å²) in [7, 11) is 0. The van der Waals surface area contributed by atoms with Crippen LogP contribution in [-0.4, -0.2) is 47.2 Å². The van der Waals surface area contributed by atoms with E-state index >= 15 is 0 Å². The maximum atomic E-state index is 12.2. The molecule has 3 atom stereocenters. The Balaban J connectivity index is -0.000000116. The Hall–Kier alpha value is -1.18. The SMILES string of the molecule is C[C@@H](N[C@H](CCC(F)(F)F)C(N)=O)c1ccccc1.Cl.NC(=O)[C@H]([NH3+])CCC(F)(F)F.O.O.[Cl-].[Pd]. The summed E-state index contributed by atoms with van der Waals surface area (Å²) in [6.45, 7) is 1.78. The maximum Gasteiger partial charge on any atom is 0.389 e. The zero-order chi connectivity index (χ0) is 23.5. The topological polar surface area (TPSA) is 189 Å². The van der Waals surface area contributed by atoms with E-state index in [4.69, 9.17) is 11.5 Å². The molecule has 1 aromatic carbocycles. The fourth-order valence-electron chi connectivity index (χ4n) is 2.24. The van der Waals surface area contributed by atoms with E-state index < -0.39 is 49.1 Å². The van der Waals surface area contributed by atoms with Crippen LogP contribution in [0.4, 0.5) is 26.3 Å². The van der Waals surface area contributed by atoms with E-state index in [1.165, 1.54) is 0 Å². The van der Waals surface area contributed by atoms with E-state index in [0.717, 1.165) is 5.56 Å². The number of nitrogens with two attached hydrogens (primary N) is 2. The van der Waals surface area contributed by atoms with Gasteiger partial charge in [0.2, 0.25) is 5.91 Å². The van der Waals surface area contributed by atoms with Gasteiger partial charge < -0.3 is 40.6 Å². The van der Waals surface area contributed by atoms with Crippen molar-refractivity contribution in [2.24, 2.45) is 11.5 Å². The van der Waals surface area contributed by atoms with E-state index in [1.807, 2.05) is 30.3 Å². The molecular weight excluding hydrogens is 628 g/mol. The third kappa shape index (κ3) is 25.7. The zero-order valence-corrected chi connectivity index (χ0v) is 21.6.